The molecule has 3 nitrogen and oxygen atoms in total. The highest BCUT2D eigenvalue weighted by molar-refractivity contribution is 5.85. The zero-order chi connectivity index (χ0) is 13.1. The van der Waals surface area contributed by atoms with Crippen molar-refractivity contribution in [2.24, 2.45) is 5.92 Å². The maximum Gasteiger partial charge on any atom is 0.224 e. The van der Waals surface area contributed by atoms with E-state index < -0.39 is 0 Å². The van der Waals surface area contributed by atoms with Crippen LogP contribution < -0.4 is 10.6 Å². The summed E-state index contributed by atoms with van der Waals surface area (Å²) < 4.78 is 0. The molecule has 1 aromatic rings. The van der Waals surface area contributed by atoms with Gasteiger partial charge in [-0.1, -0.05) is 17.7 Å². The molecule has 0 bridgehead atoms. The minimum Gasteiger partial charge on any atom is -0.352 e. The normalized spacial score (nSPS) is 17.9. The first kappa shape index (κ1) is 16.0. The van der Waals surface area contributed by atoms with E-state index in [-0.39, 0.29) is 24.2 Å². The Bertz CT molecular complexity index is 430. The molecule has 0 saturated carbocycles. The van der Waals surface area contributed by atoms with Gasteiger partial charge in [0.05, 0.1) is 5.92 Å². The molecule has 0 spiro atoms. The second-order valence-electron chi connectivity index (χ2n) is 5.28. The van der Waals surface area contributed by atoms with Crippen LogP contribution in [0.3, 0.4) is 0 Å². The van der Waals surface area contributed by atoms with Gasteiger partial charge in [0, 0.05) is 13.1 Å². The van der Waals surface area contributed by atoms with Crippen molar-refractivity contribution >= 4 is 18.3 Å². The van der Waals surface area contributed by atoms with Crippen LogP contribution in [0.4, 0.5) is 0 Å². The van der Waals surface area contributed by atoms with Crippen LogP contribution >= 0.6 is 12.4 Å². The van der Waals surface area contributed by atoms with Crippen LogP contribution in [-0.2, 0) is 11.3 Å². The minimum absolute atomic E-state index is 0. The van der Waals surface area contributed by atoms with E-state index in [2.05, 4.69) is 43.5 Å². The molecule has 0 aliphatic carbocycles. The summed E-state index contributed by atoms with van der Waals surface area (Å²) in [5, 5.41) is 6.28. The number of benzene rings is 1. The third-order valence-corrected chi connectivity index (χ3v) is 3.71. The van der Waals surface area contributed by atoms with Gasteiger partial charge in [0.25, 0.3) is 0 Å². The van der Waals surface area contributed by atoms with Gasteiger partial charge in [-0.25, -0.2) is 0 Å². The molecular weight excluding hydrogens is 260 g/mol. The summed E-state index contributed by atoms with van der Waals surface area (Å²) in [6, 6.07) is 4.34. The fourth-order valence-electron chi connectivity index (χ4n) is 2.69. The van der Waals surface area contributed by atoms with Crippen molar-refractivity contribution in [3.05, 3.63) is 34.4 Å². The highest BCUT2D eigenvalue weighted by atomic mass is 35.5. The van der Waals surface area contributed by atoms with Gasteiger partial charge in [-0.15, -0.1) is 12.4 Å². The molecule has 106 valence electrons. The maximum atomic E-state index is 12.0. The number of aryl methyl sites for hydroxylation is 3. The maximum absolute atomic E-state index is 12.0. The fourth-order valence-corrected chi connectivity index (χ4v) is 2.69. The molecule has 2 N–H and O–H groups in total. The Morgan fingerprint density at radius 1 is 1.32 bits per heavy atom. The number of carbonyl (C=O) groups is 1. The van der Waals surface area contributed by atoms with Gasteiger partial charge < -0.3 is 10.6 Å². The molecule has 0 radical (unpaired) electrons. The lowest BCUT2D eigenvalue weighted by atomic mass is 9.99. The Balaban J connectivity index is 0.00000180. The highest BCUT2D eigenvalue weighted by Gasteiger charge is 2.22. The molecule has 1 fully saturated rings. The van der Waals surface area contributed by atoms with E-state index in [1.54, 1.807) is 0 Å². The number of halogens is 1. The lowest BCUT2D eigenvalue weighted by Gasteiger charge is -2.14. The third-order valence-electron chi connectivity index (χ3n) is 3.71. The first-order valence-corrected chi connectivity index (χ1v) is 6.63. The molecule has 19 heavy (non-hydrogen) atoms. The second kappa shape index (κ2) is 6.92. The summed E-state index contributed by atoms with van der Waals surface area (Å²) >= 11 is 0. The number of carbonyl (C=O) groups excluding carboxylic acids is 1. The van der Waals surface area contributed by atoms with Gasteiger partial charge in [0.2, 0.25) is 5.91 Å². The summed E-state index contributed by atoms with van der Waals surface area (Å²) in [5.41, 5.74) is 5.05. The summed E-state index contributed by atoms with van der Waals surface area (Å²) in [4.78, 5) is 12.0. The van der Waals surface area contributed by atoms with E-state index in [4.69, 9.17) is 0 Å². The van der Waals surface area contributed by atoms with Crippen LogP contribution in [0.5, 0.6) is 0 Å². The summed E-state index contributed by atoms with van der Waals surface area (Å²) in [5.74, 6) is 0.329. The van der Waals surface area contributed by atoms with E-state index in [0.717, 1.165) is 19.5 Å². The standard InChI is InChI=1S/C15H22N2O.ClH/c1-10-6-11(2)14(12(3)7-10)9-17-15(18)13-4-5-16-8-13;/h6-7,13,16H,4-5,8-9H2,1-3H3,(H,17,18);1H. The minimum atomic E-state index is 0. The molecule has 1 aliphatic heterocycles. The van der Waals surface area contributed by atoms with Crippen LogP contribution in [0.2, 0.25) is 0 Å². The number of nitrogens with one attached hydrogen (secondary N) is 2. The van der Waals surface area contributed by atoms with E-state index in [1.165, 1.54) is 22.3 Å². The molecule has 2 rings (SSSR count). The third kappa shape index (κ3) is 3.95. The van der Waals surface area contributed by atoms with Gasteiger partial charge in [-0.3, -0.25) is 4.79 Å². The lowest BCUT2D eigenvalue weighted by molar-refractivity contribution is -0.124. The average molecular weight is 283 g/mol. The SMILES string of the molecule is Cc1cc(C)c(CNC(=O)C2CCNC2)c(C)c1.Cl. The van der Waals surface area contributed by atoms with Gasteiger partial charge in [-0.05, 0) is 50.4 Å². The van der Waals surface area contributed by atoms with Crippen LogP contribution in [0.1, 0.15) is 28.7 Å². The number of rotatable bonds is 3. The molecule has 1 atom stereocenters. The Labute approximate surface area is 121 Å². The van der Waals surface area contributed by atoms with Crippen molar-refractivity contribution < 1.29 is 4.79 Å². The molecule has 1 aromatic carbocycles. The zero-order valence-corrected chi connectivity index (χ0v) is 12.7. The van der Waals surface area contributed by atoms with Gasteiger partial charge in [-0.2, -0.15) is 0 Å². The smallest absolute Gasteiger partial charge is 0.224 e. The van der Waals surface area contributed by atoms with Gasteiger partial charge in [0.15, 0.2) is 0 Å². The van der Waals surface area contributed by atoms with Gasteiger partial charge in [0.1, 0.15) is 0 Å². The Morgan fingerprint density at radius 3 is 2.47 bits per heavy atom. The number of hydrogen-bond donors (Lipinski definition) is 2. The molecule has 1 amide bonds. The number of amides is 1. The van der Waals surface area contributed by atoms with Crippen molar-refractivity contribution in [1.29, 1.82) is 0 Å². The van der Waals surface area contributed by atoms with Crippen molar-refractivity contribution in [3.8, 4) is 0 Å². The molecular formula is C15H23ClN2O. The summed E-state index contributed by atoms with van der Waals surface area (Å²) in [7, 11) is 0. The lowest BCUT2D eigenvalue weighted by Crippen LogP contribution is -2.31. The average Bonchev–Trinajstić information content (AvgIpc) is 2.80. The van der Waals surface area contributed by atoms with Crippen LogP contribution in [0.25, 0.3) is 0 Å². The van der Waals surface area contributed by atoms with Gasteiger partial charge >= 0.3 is 0 Å². The van der Waals surface area contributed by atoms with E-state index in [0.29, 0.717) is 6.54 Å². The van der Waals surface area contributed by atoms with E-state index >= 15 is 0 Å². The Morgan fingerprint density at radius 2 is 1.95 bits per heavy atom. The van der Waals surface area contributed by atoms with E-state index in [1.807, 2.05) is 0 Å². The monoisotopic (exact) mass is 282 g/mol. The predicted molar refractivity (Wildman–Crippen MR) is 80.7 cm³/mol. The fraction of sp³-hybridized carbons (Fsp3) is 0.533. The largest absolute Gasteiger partial charge is 0.352 e. The molecule has 0 aromatic heterocycles. The van der Waals surface area contributed by atoms with E-state index in [9.17, 15) is 4.79 Å². The first-order valence-electron chi connectivity index (χ1n) is 6.63. The second-order valence-corrected chi connectivity index (χ2v) is 5.28. The molecule has 1 unspecified atom stereocenters. The molecule has 1 aliphatic rings. The van der Waals surface area contributed by atoms with Crippen molar-refractivity contribution in [2.75, 3.05) is 13.1 Å². The zero-order valence-electron chi connectivity index (χ0n) is 11.9. The van der Waals surface area contributed by atoms with Crippen molar-refractivity contribution in [1.82, 2.24) is 10.6 Å². The highest BCUT2D eigenvalue weighted by Crippen LogP contribution is 2.16. The number of hydrogen-bond acceptors (Lipinski definition) is 2. The Hall–Kier alpha value is -1.06. The predicted octanol–water partition coefficient (Wildman–Crippen LogP) is 2.26. The first-order chi connectivity index (χ1) is 8.58. The van der Waals surface area contributed by atoms with Crippen LogP contribution in [-0.4, -0.2) is 19.0 Å². The van der Waals surface area contributed by atoms with Crippen molar-refractivity contribution in [2.45, 2.75) is 33.7 Å². The molecule has 4 heteroatoms. The summed E-state index contributed by atoms with van der Waals surface area (Å²) in [6.07, 6.45) is 0.956. The van der Waals surface area contributed by atoms with Crippen molar-refractivity contribution in [3.63, 3.8) is 0 Å². The molecule has 1 saturated heterocycles. The van der Waals surface area contributed by atoms with Crippen LogP contribution in [0, 0.1) is 26.7 Å². The molecule has 1 heterocycles. The summed E-state index contributed by atoms with van der Waals surface area (Å²) in [6.45, 7) is 8.75. The topological polar surface area (TPSA) is 41.1 Å². The van der Waals surface area contributed by atoms with Crippen LogP contribution in [0.15, 0.2) is 12.1 Å². The quantitative estimate of drug-likeness (QED) is 0.893. The Kier molecular flexibility index (Phi) is 5.83.